The zero-order chi connectivity index (χ0) is 45.4. The van der Waals surface area contributed by atoms with Gasteiger partial charge < -0.3 is 8.82 Å². The molecule has 12 aromatic rings. The van der Waals surface area contributed by atoms with Crippen LogP contribution in [0.5, 0.6) is 0 Å². The molecular weight excluding hydrogens is 831 g/mol. The topological polar surface area (TPSA) is 51.7 Å². The number of hydrogen-bond acceptors (Lipinski definition) is 3. The number of benzene rings is 9. The van der Waals surface area contributed by atoms with Crippen molar-refractivity contribution in [2.24, 2.45) is 0 Å². The van der Waals surface area contributed by atoms with E-state index in [9.17, 15) is 0 Å². The molecule has 68 heavy (non-hydrogen) atoms. The highest BCUT2D eigenvalue weighted by Gasteiger charge is 2.57. The monoisotopic (exact) mass is 871 g/mol. The van der Waals surface area contributed by atoms with E-state index < -0.39 is 21.7 Å². The summed E-state index contributed by atoms with van der Waals surface area (Å²) in [7, 11) is 0. The van der Waals surface area contributed by atoms with Crippen molar-refractivity contribution in [2.45, 2.75) is 49.4 Å². The molecule has 0 saturated carbocycles. The minimum Gasteiger partial charge on any atom is -0.455 e. The number of Topliss-reactive ketones (excluding diaryl/α,β-unsaturated/α-hetero) is 2. The second-order valence-corrected chi connectivity index (χ2v) is 20.7. The van der Waals surface area contributed by atoms with Gasteiger partial charge in [-0.25, -0.2) is 0 Å². The van der Waals surface area contributed by atoms with Crippen LogP contribution in [0, 0.1) is 0 Å². The van der Waals surface area contributed by atoms with Gasteiger partial charge in [0.15, 0.2) is 11.6 Å². The predicted molar refractivity (Wildman–Crippen MR) is 272 cm³/mol. The molecule has 0 saturated heterocycles. The normalized spacial score (nSPS) is 23.0. The minimum absolute atomic E-state index is 0.106. The maximum atomic E-state index is 15.8. The molecule has 0 atom stereocenters. The summed E-state index contributed by atoms with van der Waals surface area (Å²) in [5, 5.41) is 6.51. The van der Waals surface area contributed by atoms with Crippen molar-refractivity contribution in [3.05, 3.63) is 243 Å². The summed E-state index contributed by atoms with van der Waals surface area (Å²) in [6.45, 7) is 8.90. The summed E-state index contributed by atoms with van der Waals surface area (Å²) in [4.78, 5) is 31.6. The maximum absolute atomic E-state index is 15.8. The van der Waals surface area contributed by atoms with E-state index in [1.54, 1.807) is 0 Å². The standard InChI is InChI=1S/C64H41NO3/c1-61-44-19-6-10-23-48(44)63(3,49-24-11-7-20-45(49)61)59(66)42-32-54-38(30-52(42)61)40-28-34(35-17-15-18-37-36-16-5-14-27-56(36)68-58(35)37)29-41-39-31-53-43(33-55(39)65(54)57(40)41)60(67)64(4)50-25-12-8-21-46(50)62(53,2)47-22-9-13-26-51(47)64/h5-33H,1-4H3. The van der Waals surface area contributed by atoms with Crippen LogP contribution in [0.3, 0.4) is 0 Å². The van der Waals surface area contributed by atoms with Crippen LogP contribution < -0.4 is 0 Å². The van der Waals surface area contributed by atoms with E-state index >= 15 is 9.59 Å². The third-order valence-corrected chi connectivity index (χ3v) is 17.9. The van der Waals surface area contributed by atoms with E-state index in [0.717, 1.165) is 116 Å². The average molecular weight is 872 g/mol. The van der Waals surface area contributed by atoms with E-state index in [-0.39, 0.29) is 11.6 Å². The zero-order valence-corrected chi connectivity index (χ0v) is 37.9. The van der Waals surface area contributed by atoms with Crippen molar-refractivity contribution in [1.29, 1.82) is 0 Å². The van der Waals surface area contributed by atoms with Crippen LogP contribution in [0.15, 0.2) is 180 Å². The molecule has 0 amide bonds. The number of hydrogen-bond donors (Lipinski definition) is 0. The van der Waals surface area contributed by atoms with Crippen LogP contribution in [0.4, 0.5) is 0 Å². The lowest BCUT2D eigenvalue weighted by atomic mass is 9.59. The molecule has 9 aromatic carbocycles. The summed E-state index contributed by atoms with van der Waals surface area (Å²) < 4.78 is 9.11. The molecule has 0 N–H and O–H groups in total. The smallest absolute Gasteiger partial charge is 0.177 e. The molecule has 320 valence electrons. The van der Waals surface area contributed by atoms with Crippen LogP contribution in [-0.4, -0.2) is 16.0 Å². The van der Waals surface area contributed by atoms with E-state index in [1.165, 1.54) is 22.3 Å². The third kappa shape index (κ3) is 3.84. The lowest BCUT2D eigenvalue weighted by molar-refractivity contribution is 0.0916. The Bertz CT molecular complexity index is 4070. The highest BCUT2D eigenvalue weighted by molar-refractivity contribution is 6.27. The zero-order valence-electron chi connectivity index (χ0n) is 37.9. The molecule has 0 fully saturated rings. The molecule has 0 radical (unpaired) electrons. The highest BCUT2D eigenvalue weighted by Crippen LogP contribution is 2.61. The molecule has 6 aliphatic carbocycles. The molecule has 4 heteroatoms. The summed E-state index contributed by atoms with van der Waals surface area (Å²) in [6.07, 6.45) is 0. The van der Waals surface area contributed by atoms with Gasteiger partial charge >= 0.3 is 0 Å². The number of carbonyl (C=O) groups is 2. The molecule has 0 spiro atoms. The Hall–Kier alpha value is -8.08. The van der Waals surface area contributed by atoms with Crippen LogP contribution in [0.25, 0.3) is 71.2 Å². The van der Waals surface area contributed by atoms with Gasteiger partial charge in [0.1, 0.15) is 11.2 Å². The summed E-state index contributed by atoms with van der Waals surface area (Å²) >= 11 is 0. The summed E-state index contributed by atoms with van der Waals surface area (Å²) in [6, 6.07) is 62.9. The van der Waals surface area contributed by atoms with Crippen molar-refractivity contribution >= 4 is 71.6 Å². The second-order valence-electron chi connectivity index (χ2n) is 20.7. The Kier molecular flexibility index (Phi) is 6.38. The number of aromatic nitrogens is 1. The van der Waals surface area contributed by atoms with E-state index in [0.29, 0.717) is 0 Å². The predicted octanol–water partition coefficient (Wildman–Crippen LogP) is 14.7. The molecule has 4 bridgehead atoms. The third-order valence-electron chi connectivity index (χ3n) is 17.9. The molecule has 3 aromatic heterocycles. The van der Waals surface area contributed by atoms with Crippen LogP contribution in [0.2, 0.25) is 0 Å². The Labute approximate surface area is 391 Å². The quantitative estimate of drug-likeness (QED) is 0.165. The Morgan fingerprint density at radius 2 is 0.750 bits per heavy atom. The first-order valence-electron chi connectivity index (χ1n) is 23.8. The van der Waals surface area contributed by atoms with Crippen molar-refractivity contribution in [3.63, 3.8) is 0 Å². The first-order chi connectivity index (χ1) is 33.1. The van der Waals surface area contributed by atoms with Gasteiger partial charge in [0.05, 0.1) is 27.4 Å². The molecule has 4 nitrogen and oxygen atoms in total. The van der Waals surface area contributed by atoms with E-state index in [4.69, 9.17) is 4.42 Å². The number of ketones is 2. The minimum atomic E-state index is -0.887. The number of rotatable bonds is 1. The summed E-state index contributed by atoms with van der Waals surface area (Å²) in [5.41, 5.74) is 16.3. The van der Waals surface area contributed by atoms with Gasteiger partial charge in [-0.2, -0.15) is 0 Å². The highest BCUT2D eigenvalue weighted by atomic mass is 16.3. The van der Waals surface area contributed by atoms with Gasteiger partial charge in [-0.1, -0.05) is 133 Å². The lowest BCUT2D eigenvalue weighted by Gasteiger charge is -2.43. The fraction of sp³-hybridized carbons (Fsp3) is 0.125. The van der Waals surface area contributed by atoms with Crippen LogP contribution in [-0.2, 0) is 21.7 Å². The number of para-hydroxylation sites is 2. The van der Waals surface area contributed by atoms with Crippen LogP contribution >= 0.6 is 0 Å². The molecule has 6 aliphatic rings. The number of carbonyl (C=O) groups excluding carboxylic acids is 2. The molecule has 18 rings (SSSR count). The van der Waals surface area contributed by atoms with Gasteiger partial charge in [0.25, 0.3) is 0 Å². The largest absolute Gasteiger partial charge is 0.455 e. The van der Waals surface area contributed by atoms with Crippen molar-refractivity contribution < 1.29 is 14.0 Å². The first-order valence-corrected chi connectivity index (χ1v) is 23.8. The molecule has 3 heterocycles. The Morgan fingerprint density at radius 3 is 1.21 bits per heavy atom. The molecule has 0 aliphatic heterocycles. The fourth-order valence-corrected chi connectivity index (χ4v) is 14.6. The maximum Gasteiger partial charge on any atom is 0.177 e. The average Bonchev–Trinajstić information content (AvgIpc) is 4.00. The molecule has 0 unspecified atom stereocenters. The van der Waals surface area contributed by atoms with Gasteiger partial charge in [-0.3, -0.25) is 9.59 Å². The Morgan fingerprint density at radius 1 is 0.353 bits per heavy atom. The molecular formula is C64H41NO3. The number of fused-ring (bicyclic) bond motifs is 9. The Balaban J connectivity index is 1.08. The van der Waals surface area contributed by atoms with Crippen molar-refractivity contribution in [2.75, 3.05) is 0 Å². The fourth-order valence-electron chi connectivity index (χ4n) is 14.6. The van der Waals surface area contributed by atoms with Gasteiger partial charge in [0, 0.05) is 59.8 Å². The van der Waals surface area contributed by atoms with E-state index in [2.05, 4.69) is 196 Å². The van der Waals surface area contributed by atoms with Crippen molar-refractivity contribution in [1.82, 2.24) is 4.40 Å². The van der Waals surface area contributed by atoms with Gasteiger partial charge in [-0.15, -0.1) is 0 Å². The first kappa shape index (κ1) is 37.1. The lowest BCUT2D eigenvalue weighted by Crippen LogP contribution is -2.40. The van der Waals surface area contributed by atoms with Gasteiger partial charge in [-0.05, 0) is 131 Å². The summed E-state index contributed by atoms with van der Waals surface area (Å²) in [5.74, 6) is 0.212. The van der Waals surface area contributed by atoms with E-state index in [1.807, 2.05) is 12.1 Å². The van der Waals surface area contributed by atoms with Gasteiger partial charge in [0.2, 0.25) is 0 Å². The van der Waals surface area contributed by atoms with Crippen LogP contribution in [0.1, 0.15) is 104 Å². The second kappa shape index (κ2) is 11.7. The number of nitrogens with zero attached hydrogens (tertiary/aromatic N) is 1. The SMILES string of the molecule is CC12C(=O)c3cc4c(cc3C(C)(c3ccccc31)c1ccccc12)c1cc(-c2cccc3c2oc2ccccc23)cc2c3cc5c(cc3n4c12)C(=O)C1(C)c2ccccc2C5(C)c2ccccc21. The number of furan rings is 1. The van der Waals surface area contributed by atoms with Crippen molar-refractivity contribution in [3.8, 4) is 11.1 Å².